The summed E-state index contributed by atoms with van der Waals surface area (Å²) in [4.78, 5) is 14.0. The molecule has 178 valence electrons. The molecule has 0 bridgehead atoms. The van der Waals surface area contributed by atoms with Crippen LogP contribution in [0.5, 0.6) is 11.5 Å². The Kier molecular flexibility index (Phi) is 7.28. The number of ether oxygens (including phenoxy) is 1. The van der Waals surface area contributed by atoms with E-state index in [1.807, 2.05) is 0 Å². The molecule has 0 saturated carbocycles. The maximum Gasteiger partial charge on any atom is 0.270 e. The van der Waals surface area contributed by atoms with Crippen LogP contribution in [0.15, 0.2) is 58.7 Å². The lowest BCUT2D eigenvalue weighted by molar-refractivity contribution is -0.385. The van der Waals surface area contributed by atoms with Gasteiger partial charge in [-0.1, -0.05) is 12.1 Å². The number of hydrogen-bond donors (Lipinski definition) is 4. The highest BCUT2D eigenvalue weighted by atomic mass is 32.2. The molecule has 13 heteroatoms. The van der Waals surface area contributed by atoms with E-state index in [0.29, 0.717) is 11.3 Å². The van der Waals surface area contributed by atoms with Gasteiger partial charge in [0.15, 0.2) is 0 Å². The number of pyridine rings is 1. The molecule has 2 aromatic carbocycles. The van der Waals surface area contributed by atoms with Crippen LogP contribution >= 0.6 is 0 Å². The van der Waals surface area contributed by atoms with Crippen molar-refractivity contribution in [3.63, 3.8) is 0 Å². The molecular formula is C21H21N5O7S. The minimum atomic E-state index is -4.33. The first-order chi connectivity index (χ1) is 16.2. The number of aromatic hydroxyl groups is 1. The number of aryl methyl sites for hydroxylation is 1. The van der Waals surface area contributed by atoms with E-state index in [1.54, 1.807) is 25.1 Å². The molecule has 0 aliphatic heterocycles. The Labute approximate surface area is 194 Å². The van der Waals surface area contributed by atoms with Crippen molar-refractivity contribution < 1.29 is 28.3 Å². The van der Waals surface area contributed by atoms with Gasteiger partial charge in [-0.15, -0.1) is 0 Å². The summed E-state index contributed by atoms with van der Waals surface area (Å²) in [5, 5.41) is 34.9. The standard InChI is InChI=1S/C21H21N5O7S/c1-13-21(28)16(14(12-27)10-22-13)11-23-24-18-8-7-15(26(29)30)9-20(18)34(31,32)25-17-5-3-4-6-19(17)33-2/h3-11,24-25,27-28H,12H2,1-2H3. The largest absolute Gasteiger partial charge is 0.505 e. The Hall–Kier alpha value is -4.23. The second kappa shape index (κ2) is 10.1. The molecule has 0 saturated heterocycles. The molecule has 1 heterocycles. The summed E-state index contributed by atoms with van der Waals surface area (Å²) < 4.78 is 33.8. The number of aliphatic hydroxyl groups excluding tert-OH is 1. The van der Waals surface area contributed by atoms with Crippen molar-refractivity contribution in [3.8, 4) is 11.5 Å². The number of nitrogens with zero attached hydrogens (tertiary/aromatic N) is 3. The van der Waals surface area contributed by atoms with Crippen molar-refractivity contribution in [1.82, 2.24) is 4.98 Å². The smallest absolute Gasteiger partial charge is 0.270 e. The summed E-state index contributed by atoms with van der Waals surface area (Å²) in [6, 6.07) is 9.48. The summed E-state index contributed by atoms with van der Waals surface area (Å²) in [6.45, 7) is 1.15. The van der Waals surface area contributed by atoms with E-state index in [9.17, 15) is 28.7 Å². The molecular weight excluding hydrogens is 466 g/mol. The lowest BCUT2D eigenvalue weighted by Gasteiger charge is -2.14. The van der Waals surface area contributed by atoms with Crippen LogP contribution in [0.1, 0.15) is 16.8 Å². The maximum absolute atomic E-state index is 13.1. The molecule has 0 aliphatic rings. The Morgan fingerprint density at radius 3 is 2.65 bits per heavy atom. The van der Waals surface area contributed by atoms with Crippen LogP contribution in [0, 0.1) is 17.0 Å². The zero-order valence-electron chi connectivity index (χ0n) is 18.1. The zero-order chi connectivity index (χ0) is 24.9. The highest BCUT2D eigenvalue weighted by Crippen LogP contribution is 2.31. The molecule has 0 fully saturated rings. The number of nitro groups is 1. The summed E-state index contributed by atoms with van der Waals surface area (Å²) >= 11 is 0. The fraction of sp³-hybridized carbons (Fsp3) is 0.143. The van der Waals surface area contributed by atoms with Crippen molar-refractivity contribution in [2.75, 3.05) is 17.3 Å². The molecule has 3 rings (SSSR count). The number of benzene rings is 2. The molecule has 3 aromatic rings. The number of rotatable bonds is 9. The lowest BCUT2D eigenvalue weighted by atomic mass is 10.1. The number of aliphatic hydroxyl groups is 1. The first-order valence-electron chi connectivity index (χ1n) is 9.69. The SMILES string of the molecule is COc1ccccc1NS(=O)(=O)c1cc([N+](=O)[O-])ccc1NN=Cc1c(CO)cnc(C)c1O. The van der Waals surface area contributed by atoms with E-state index in [2.05, 4.69) is 20.2 Å². The minimum Gasteiger partial charge on any atom is -0.505 e. The molecule has 0 atom stereocenters. The first kappa shape index (κ1) is 24.4. The maximum atomic E-state index is 13.1. The van der Waals surface area contributed by atoms with Crippen LogP contribution in [0.3, 0.4) is 0 Å². The molecule has 0 aliphatic carbocycles. The second-order valence-electron chi connectivity index (χ2n) is 6.90. The third kappa shape index (κ3) is 5.22. The topological polar surface area (TPSA) is 176 Å². The van der Waals surface area contributed by atoms with Gasteiger partial charge < -0.3 is 14.9 Å². The molecule has 0 unspecified atom stereocenters. The quantitative estimate of drug-likeness (QED) is 0.201. The molecule has 4 N–H and O–H groups in total. The van der Waals surface area contributed by atoms with Crippen LogP contribution in [-0.4, -0.2) is 41.9 Å². The zero-order valence-corrected chi connectivity index (χ0v) is 18.9. The average molecular weight is 487 g/mol. The molecule has 12 nitrogen and oxygen atoms in total. The Morgan fingerprint density at radius 2 is 1.97 bits per heavy atom. The Bertz CT molecular complexity index is 1360. The van der Waals surface area contributed by atoms with E-state index in [0.717, 1.165) is 12.1 Å². The van der Waals surface area contributed by atoms with Gasteiger partial charge in [0.25, 0.3) is 15.7 Å². The number of hydrazone groups is 1. The summed E-state index contributed by atoms with van der Waals surface area (Å²) in [5.41, 5.74) is 2.93. The van der Waals surface area contributed by atoms with Crippen molar-refractivity contribution in [2.45, 2.75) is 18.4 Å². The number of sulfonamides is 1. The van der Waals surface area contributed by atoms with Crippen molar-refractivity contribution in [3.05, 3.63) is 75.6 Å². The first-order valence-corrected chi connectivity index (χ1v) is 11.2. The predicted octanol–water partition coefficient (Wildman–Crippen LogP) is 2.75. The average Bonchev–Trinajstić information content (AvgIpc) is 2.82. The Morgan fingerprint density at radius 1 is 1.24 bits per heavy atom. The fourth-order valence-electron chi connectivity index (χ4n) is 2.96. The molecule has 0 spiro atoms. The number of hydrogen-bond acceptors (Lipinski definition) is 10. The van der Waals surface area contributed by atoms with Crippen molar-refractivity contribution >= 4 is 33.3 Å². The number of non-ortho nitro benzene ring substituents is 1. The molecule has 1 aromatic heterocycles. The summed E-state index contributed by atoms with van der Waals surface area (Å²) in [5.74, 6) is 0.0515. The monoisotopic (exact) mass is 487 g/mol. The van der Waals surface area contributed by atoms with Crippen LogP contribution in [0.2, 0.25) is 0 Å². The minimum absolute atomic E-state index is 0.0694. The highest BCUT2D eigenvalue weighted by molar-refractivity contribution is 7.93. The van der Waals surface area contributed by atoms with E-state index in [-0.39, 0.29) is 28.4 Å². The van der Waals surface area contributed by atoms with E-state index < -0.39 is 32.1 Å². The number of nitro benzene ring substituents is 1. The van der Waals surface area contributed by atoms with Gasteiger partial charge in [0.05, 0.1) is 41.9 Å². The highest BCUT2D eigenvalue weighted by Gasteiger charge is 2.24. The third-order valence-electron chi connectivity index (χ3n) is 4.72. The number of nitrogens with one attached hydrogen (secondary N) is 2. The van der Waals surface area contributed by atoms with E-state index in [1.165, 1.54) is 31.7 Å². The van der Waals surface area contributed by atoms with Crippen molar-refractivity contribution in [2.24, 2.45) is 5.10 Å². The predicted molar refractivity (Wildman–Crippen MR) is 125 cm³/mol. The third-order valence-corrected chi connectivity index (χ3v) is 6.13. The van der Waals surface area contributed by atoms with Crippen LogP contribution in [0.25, 0.3) is 0 Å². The van der Waals surface area contributed by atoms with Gasteiger partial charge in [0, 0.05) is 29.5 Å². The van der Waals surface area contributed by atoms with Crippen molar-refractivity contribution in [1.29, 1.82) is 0 Å². The Balaban J connectivity index is 2.01. The number of methoxy groups -OCH3 is 1. The molecule has 0 radical (unpaired) electrons. The van der Waals surface area contributed by atoms with Gasteiger partial charge in [-0.3, -0.25) is 25.2 Å². The summed E-state index contributed by atoms with van der Waals surface area (Å²) in [6.07, 6.45) is 2.55. The van der Waals surface area contributed by atoms with E-state index in [4.69, 9.17) is 4.74 Å². The van der Waals surface area contributed by atoms with Gasteiger partial charge in [0.1, 0.15) is 16.4 Å². The number of para-hydroxylation sites is 2. The number of aromatic nitrogens is 1. The fourth-order valence-corrected chi connectivity index (χ4v) is 4.20. The van der Waals surface area contributed by atoms with Gasteiger partial charge >= 0.3 is 0 Å². The molecule has 34 heavy (non-hydrogen) atoms. The van der Waals surface area contributed by atoms with Crippen LogP contribution in [-0.2, 0) is 16.6 Å². The van der Waals surface area contributed by atoms with Gasteiger partial charge in [0.2, 0.25) is 0 Å². The summed E-state index contributed by atoms with van der Waals surface area (Å²) in [7, 11) is -2.95. The number of anilines is 2. The van der Waals surface area contributed by atoms with Gasteiger partial charge in [-0.05, 0) is 25.1 Å². The normalized spacial score (nSPS) is 11.4. The van der Waals surface area contributed by atoms with Crippen LogP contribution < -0.4 is 14.9 Å². The van der Waals surface area contributed by atoms with E-state index >= 15 is 0 Å². The lowest BCUT2D eigenvalue weighted by Crippen LogP contribution is -2.15. The van der Waals surface area contributed by atoms with Gasteiger partial charge in [-0.2, -0.15) is 5.10 Å². The second-order valence-corrected chi connectivity index (χ2v) is 8.55. The van der Waals surface area contributed by atoms with Crippen LogP contribution in [0.4, 0.5) is 17.1 Å². The molecule has 0 amide bonds. The van der Waals surface area contributed by atoms with Gasteiger partial charge in [-0.25, -0.2) is 8.42 Å².